The zero-order chi connectivity index (χ0) is 8.97. The van der Waals surface area contributed by atoms with E-state index >= 15 is 0 Å². The zero-order valence-electron chi connectivity index (χ0n) is 6.13. The summed E-state index contributed by atoms with van der Waals surface area (Å²) >= 11 is 3.00. The van der Waals surface area contributed by atoms with E-state index in [0.29, 0.717) is 5.69 Å². The third kappa shape index (κ3) is 2.50. The first kappa shape index (κ1) is 8.99. The van der Waals surface area contributed by atoms with Crippen LogP contribution in [0.2, 0.25) is 0 Å². The molecule has 1 heterocycles. The second-order valence-electron chi connectivity index (χ2n) is 2.12. The van der Waals surface area contributed by atoms with Gasteiger partial charge in [-0.3, -0.25) is 9.59 Å². The predicted octanol–water partition coefficient (Wildman–Crippen LogP) is 0.708. The Hall–Kier alpha value is -1.10. The van der Waals surface area contributed by atoms with Crippen molar-refractivity contribution < 1.29 is 4.79 Å². The molecule has 4 nitrogen and oxygen atoms in total. The van der Waals surface area contributed by atoms with Crippen molar-refractivity contribution >= 4 is 27.5 Å². The third-order valence-electron chi connectivity index (χ3n) is 1.19. The lowest BCUT2D eigenvalue weighted by atomic mass is 10.4. The molecule has 0 aliphatic carbocycles. The number of pyridine rings is 1. The van der Waals surface area contributed by atoms with Gasteiger partial charge in [0.2, 0.25) is 11.5 Å². The van der Waals surface area contributed by atoms with Gasteiger partial charge in [0.05, 0.1) is 11.0 Å². The molecule has 0 saturated heterocycles. The topological polar surface area (TPSA) is 62.0 Å². The maximum atomic E-state index is 10.8. The lowest BCUT2D eigenvalue weighted by molar-refractivity contribution is -0.113. The molecule has 0 saturated carbocycles. The fraction of sp³-hybridized carbons (Fsp3) is 0.143. The Morgan fingerprint density at radius 2 is 2.33 bits per heavy atom. The van der Waals surface area contributed by atoms with Crippen molar-refractivity contribution in [2.45, 2.75) is 0 Å². The minimum atomic E-state index is -0.188. The van der Waals surface area contributed by atoms with Gasteiger partial charge in [-0.05, 0) is 6.07 Å². The monoisotopic (exact) mass is 230 g/mol. The second-order valence-corrected chi connectivity index (χ2v) is 2.68. The van der Waals surface area contributed by atoms with E-state index in [-0.39, 0.29) is 16.8 Å². The van der Waals surface area contributed by atoms with E-state index in [2.05, 4.69) is 26.2 Å². The van der Waals surface area contributed by atoms with Gasteiger partial charge >= 0.3 is 0 Å². The first-order valence-corrected chi connectivity index (χ1v) is 4.39. The van der Waals surface area contributed by atoms with Crippen LogP contribution in [0.1, 0.15) is 0 Å². The molecule has 12 heavy (non-hydrogen) atoms. The maximum Gasteiger partial charge on any atom is 0.248 e. The molecule has 0 radical (unpaired) electrons. The third-order valence-corrected chi connectivity index (χ3v) is 1.70. The summed E-state index contributed by atoms with van der Waals surface area (Å²) in [6, 6.07) is 2.89. The molecule has 0 aliphatic heterocycles. The molecule has 0 aliphatic rings. The Bertz CT molecular complexity index is 314. The molecule has 0 aromatic carbocycles. The molecule has 0 fully saturated rings. The van der Waals surface area contributed by atoms with Crippen LogP contribution < -0.4 is 10.9 Å². The van der Waals surface area contributed by atoms with Gasteiger partial charge in [0.15, 0.2) is 0 Å². The number of aromatic amines is 1. The maximum absolute atomic E-state index is 10.8. The lowest BCUT2D eigenvalue weighted by Gasteiger charge is -2.00. The van der Waals surface area contributed by atoms with Crippen molar-refractivity contribution in [1.29, 1.82) is 0 Å². The van der Waals surface area contributed by atoms with Crippen LogP contribution in [0.25, 0.3) is 0 Å². The van der Waals surface area contributed by atoms with Gasteiger partial charge in [-0.2, -0.15) is 0 Å². The Morgan fingerprint density at radius 1 is 1.58 bits per heavy atom. The highest BCUT2D eigenvalue weighted by Gasteiger charge is 1.97. The Labute approximate surface area is 77.1 Å². The number of rotatable bonds is 2. The molecular weight excluding hydrogens is 224 g/mol. The highest BCUT2D eigenvalue weighted by Crippen LogP contribution is 2.00. The first-order valence-electron chi connectivity index (χ1n) is 3.27. The summed E-state index contributed by atoms with van der Waals surface area (Å²) in [6.07, 6.45) is 1.45. The van der Waals surface area contributed by atoms with Crippen LogP contribution >= 0.6 is 15.9 Å². The van der Waals surface area contributed by atoms with Gasteiger partial charge in [-0.25, -0.2) is 0 Å². The van der Waals surface area contributed by atoms with Crippen LogP contribution in [-0.4, -0.2) is 16.2 Å². The van der Waals surface area contributed by atoms with Crippen molar-refractivity contribution in [2.24, 2.45) is 0 Å². The number of hydrogen-bond acceptors (Lipinski definition) is 2. The Kier molecular flexibility index (Phi) is 3.04. The number of carbonyl (C=O) groups is 1. The molecule has 1 rings (SSSR count). The largest absolute Gasteiger partial charge is 0.327 e. The molecule has 0 bridgehead atoms. The van der Waals surface area contributed by atoms with Crippen LogP contribution in [0.4, 0.5) is 5.69 Å². The molecule has 64 valence electrons. The van der Waals surface area contributed by atoms with E-state index in [1.807, 2.05) is 0 Å². The molecule has 1 amide bonds. The summed E-state index contributed by atoms with van der Waals surface area (Å²) < 4.78 is 0. The number of halogens is 1. The number of hydrogen-bond donors (Lipinski definition) is 2. The number of carbonyl (C=O) groups excluding carboxylic acids is 1. The summed E-state index contributed by atoms with van der Waals surface area (Å²) in [5.41, 5.74) is 0.394. The highest BCUT2D eigenvalue weighted by molar-refractivity contribution is 9.09. The molecule has 1 aromatic rings. The van der Waals surface area contributed by atoms with E-state index < -0.39 is 0 Å². The fourth-order valence-electron chi connectivity index (χ4n) is 0.683. The quantitative estimate of drug-likeness (QED) is 0.736. The molecule has 0 atom stereocenters. The summed E-state index contributed by atoms with van der Waals surface area (Å²) in [6.45, 7) is 0. The number of H-pyrrole nitrogens is 1. The van der Waals surface area contributed by atoms with E-state index in [9.17, 15) is 9.59 Å². The first-order chi connectivity index (χ1) is 5.72. The van der Waals surface area contributed by atoms with E-state index in [4.69, 9.17) is 0 Å². The van der Waals surface area contributed by atoms with Crippen molar-refractivity contribution in [3.8, 4) is 0 Å². The average Bonchev–Trinajstić information content (AvgIpc) is 2.09. The van der Waals surface area contributed by atoms with Gasteiger partial charge in [-0.15, -0.1) is 0 Å². The average molecular weight is 231 g/mol. The minimum Gasteiger partial charge on any atom is -0.327 e. The Balaban J connectivity index is 2.71. The molecule has 0 unspecified atom stereocenters. The van der Waals surface area contributed by atoms with Gasteiger partial charge in [-0.1, -0.05) is 15.9 Å². The SMILES string of the molecule is O=C(CBr)Nc1ccc(=O)[nH]c1. The summed E-state index contributed by atoms with van der Waals surface area (Å²) in [4.78, 5) is 23.9. The second kappa shape index (κ2) is 4.06. The number of anilines is 1. The van der Waals surface area contributed by atoms with E-state index in [0.717, 1.165) is 0 Å². The van der Waals surface area contributed by atoms with Gasteiger partial charge in [0, 0.05) is 12.3 Å². The standard InChI is InChI=1S/C7H7BrN2O2/c8-3-7(12)10-5-1-2-6(11)9-4-5/h1-2,4H,3H2,(H,9,11)(H,10,12). The normalized spacial score (nSPS) is 9.42. The minimum absolute atomic E-state index is 0.151. The van der Waals surface area contributed by atoms with Crippen LogP contribution in [-0.2, 0) is 4.79 Å². The molecule has 1 aromatic heterocycles. The van der Waals surface area contributed by atoms with Crippen LogP contribution in [0.5, 0.6) is 0 Å². The van der Waals surface area contributed by atoms with E-state index in [1.165, 1.54) is 12.3 Å². The lowest BCUT2D eigenvalue weighted by Crippen LogP contribution is -2.13. The Morgan fingerprint density at radius 3 is 2.83 bits per heavy atom. The van der Waals surface area contributed by atoms with Crippen LogP contribution in [0.3, 0.4) is 0 Å². The number of nitrogens with one attached hydrogen (secondary N) is 2. The molecular formula is C7H7BrN2O2. The molecule has 5 heteroatoms. The predicted molar refractivity (Wildman–Crippen MR) is 49.5 cm³/mol. The summed E-state index contributed by atoms with van der Waals surface area (Å²) in [7, 11) is 0. The van der Waals surface area contributed by atoms with Gasteiger partial charge in [0.1, 0.15) is 0 Å². The van der Waals surface area contributed by atoms with Crippen LogP contribution in [0.15, 0.2) is 23.1 Å². The van der Waals surface area contributed by atoms with Crippen molar-refractivity contribution in [2.75, 3.05) is 10.6 Å². The van der Waals surface area contributed by atoms with Crippen molar-refractivity contribution in [3.05, 3.63) is 28.7 Å². The van der Waals surface area contributed by atoms with Crippen molar-refractivity contribution in [3.63, 3.8) is 0 Å². The summed E-state index contributed by atoms with van der Waals surface area (Å²) in [5, 5.41) is 2.81. The number of amides is 1. The van der Waals surface area contributed by atoms with Crippen molar-refractivity contribution in [1.82, 2.24) is 4.98 Å². The molecule has 2 N–H and O–H groups in total. The van der Waals surface area contributed by atoms with E-state index in [1.54, 1.807) is 6.07 Å². The molecule has 0 spiro atoms. The van der Waals surface area contributed by atoms with Gasteiger partial charge in [0.25, 0.3) is 0 Å². The smallest absolute Gasteiger partial charge is 0.248 e. The zero-order valence-corrected chi connectivity index (χ0v) is 7.72. The van der Waals surface area contributed by atoms with Gasteiger partial charge < -0.3 is 10.3 Å². The highest BCUT2D eigenvalue weighted by atomic mass is 79.9. The fourth-order valence-corrected chi connectivity index (χ4v) is 0.823. The van der Waals surface area contributed by atoms with Crippen LogP contribution in [0, 0.1) is 0 Å². The number of alkyl halides is 1. The number of aromatic nitrogens is 1. The summed E-state index contributed by atoms with van der Waals surface area (Å²) in [5.74, 6) is -0.151.